The lowest BCUT2D eigenvalue weighted by Crippen LogP contribution is -2.36. The first-order valence-electron chi connectivity index (χ1n) is 6.40. The van der Waals surface area contributed by atoms with Gasteiger partial charge >= 0.3 is 12.0 Å². The van der Waals surface area contributed by atoms with Gasteiger partial charge in [-0.05, 0) is 24.1 Å². The fraction of sp³-hybridized carbons (Fsp3) is 0.429. The van der Waals surface area contributed by atoms with Crippen molar-refractivity contribution in [2.75, 3.05) is 13.7 Å². The van der Waals surface area contributed by atoms with Crippen LogP contribution in [0.1, 0.15) is 18.9 Å². The summed E-state index contributed by atoms with van der Waals surface area (Å²) in [5.41, 5.74) is 0.929. The third-order valence-corrected chi connectivity index (χ3v) is 2.87. The van der Waals surface area contributed by atoms with Crippen molar-refractivity contribution in [3.8, 4) is 5.75 Å². The molecule has 0 radical (unpaired) electrons. The number of nitrogens with one attached hydrogen (secondary N) is 2. The number of ether oxygens (including phenoxy) is 1. The molecule has 0 spiro atoms. The van der Waals surface area contributed by atoms with Gasteiger partial charge in [0.25, 0.3) is 0 Å². The molecule has 0 aliphatic rings. The van der Waals surface area contributed by atoms with Gasteiger partial charge in [-0.1, -0.05) is 19.1 Å². The number of carboxylic acids is 1. The summed E-state index contributed by atoms with van der Waals surface area (Å²) >= 11 is 0. The second-order valence-corrected chi connectivity index (χ2v) is 4.49. The van der Waals surface area contributed by atoms with Gasteiger partial charge < -0.3 is 20.5 Å². The predicted octanol–water partition coefficient (Wildman–Crippen LogP) is 1.61. The molecule has 1 rings (SSSR count). The van der Waals surface area contributed by atoms with E-state index in [1.54, 1.807) is 14.0 Å². The van der Waals surface area contributed by atoms with Crippen LogP contribution in [0.4, 0.5) is 4.79 Å². The quantitative estimate of drug-likeness (QED) is 0.708. The van der Waals surface area contributed by atoms with Crippen LogP contribution in [0.25, 0.3) is 0 Å². The molecule has 2 amide bonds. The van der Waals surface area contributed by atoms with E-state index >= 15 is 0 Å². The second-order valence-electron chi connectivity index (χ2n) is 4.49. The average molecular weight is 280 g/mol. The molecule has 0 saturated heterocycles. The van der Waals surface area contributed by atoms with E-state index in [4.69, 9.17) is 9.84 Å². The average Bonchev–Trinajstić information content (AvgIpc) is 2.45. The van der Waals surface area contributed by atoms with Gasteiger partial charge in [0.05, 0.1) is 13.0 Å². The minimum atomic E-state index is -0.858. The summed E-state index contributed by atoms with van der Waals surface area (Å²) in [7, 11) is 1.59. The molecule has 3 N–H and O–H groups in total. The number of aliphatic carboxylic acids is 1. The molecule has 20 heavy (non-hydrogen) atoms. The summed E-state index contributed by atoms with van der Waals surface area (Å²) in [5, 5.41) is 14.0. The summed E-state index contributed by atoms with van der Waals surface area (Å²) in [6.45, 7) is 2.33. The number of hydrogen-bond acceptors (Lipinski definition) is 3. The number of carbonyl (C=O) groups is 2. The number of amides is 2. The van der Waals surface area contributed by atoms with Crippen LogP contribution in [0, 0.1) is 5.92 Å². The number of carboxylic acid groups (broad SMARTS) is 1. The molecule has 1 aromatic rings. The van der Waals surface area contributed by atoms with Gasteiger partial charge in [-0.3, -0.25) is 4.79 Å². The molecule has 0 saturated carbocycles. The Balaban J connectivity index is 2.27. The van der Waals surface area contributed by atoms with Gasteiger partial charge in [-0.15, -0.1) is 0 Å². The van der Waals surface area contributed by atoms with Crippen molar-refractivity contribution in [2.45, 2.75) is 19.9 Å². The number of rotatable bonds is 7. The van der Waals surface area contributed by atoms with Gasteiger partial charge in [0, 0.05) is 13.1 Å². The molecule has 6 nitrogen and oxygen atoms in total. The number of benzene rings is 1. The van der Waals surface area contributed by atoms with Gasteiger partial charge in [-0.25, -0.2) is 4.79 Å². The summed E-state index contributed by atoms with van der Waals surface area (Å²) in [5.74, 6) is -0.586. The third kappa shape index (κ3) is 5.60. The van der Waals surface area contributed by atoms with Crippen molar-refractivity contribution in [3.05, 3.63) is 29.8 Å². The molecule has 0 aromatic heterocycles. The first-order chi connectivity index (χ1) is 9.52. The molecule has 110 valence electrons. The van der Waals surface area contributed by atoms with Gasteiger partial charge in [0.1, 0.15) is 5.75 Å². The van der Waals surface area contributed by atoms with Gasteiger partial charge in [-0.2, -0.15) is 0 Å². The third-order valence-electron chi connectivity index (χ3n) is 2.87. The Morgan fingerprint density at radius 2 is 2.10 bits per heavy atom. The van der Waals surface area contributed by atoms with E-state index in [9.17, 15) is 9.59 Å². The second kappa shape index (κ2) is 8.04. The van der Waals surface area contributed by atoms with Crippen LogP contribution in [0.15, 0.2) is 24.3 Å². The van der Waals surface area contributed by atoms with Crippen LogP contribution in [-0.2, 0) is 11.3 Å². The largest absolute Gasteiger partial charge is 0.497 e. The highest BCUT2D eigenvalue weighted by Crippen LogP contribution is 2.11. The molecular formula is C14H20N2O4. The molecule has 0 fully saturated rings. The van der Waals surface area contributed by atoms with Gasteiger partial charge in [0.2, 0.25) is 0 Å². The number of urea groups is 1. The predicted molar refractivity (Wildman–Crippen MR) is 74.6 cm³/mol. The highest BCUT2D eigenvalue weighted by molar-refractivity contribution is 5.74. The summed E-state index contributed by atoms with van der Waals surface area (Å²) in [4.78, 5) is 22.1. The van der Waals surface area contributed by atoms with Crippen LogP contribution in [0.2, 0.25) is 0 Å². The normalized spacial score (nSPS) is 11.5. The van der Waals surface area contributed by atoms with Crippen LogP contribution >= 0.6 is 0 Å². The molecule has 0 heterocycles. The van der Waals surface area contributed by atoms with Crippen molar-refractivity contribution in [1.82, 2.24) is 10.6 Å². The maximum atomic E-state index is 11.5. The molecular weight excluding hydrogens is 260 g/mol. The number of carbonyl (C=O) groups excluding carboxylic acids is 1. The lowest BCUT2D eigenvalue weighted by molar-refractivity contribution is -0.141. The van der Waals surface area contributed by atoms with Crippen LogP contribution in [-0.4, -0.2) is 30.8 Å². The van der Waals surface area contributed by atoms with E-state index in [1.165, 1.54) is 0 Å². The van der Waals surface area contributed by atoms with Crippen molar-refractivity contribution in [3.63, 3.8) is 0 Å². The Morgan fingerprint density at radius 1 is 1.35 bits per heavy atom. The molecule has 1 aromatic carbocycles. The van der Waals surface area contributed by atoms with Crippen molar-refractivity contribution in [1.29, 1.82) is 0 Å². The zero-order valence-corrected chi connectivity index (χ0v) is 11.7. The first-order valence-corrected chi connectivity index (χ1v) is 6.40. The Hall–Kier alpha value is -2.24. The fourth-order valence-corrected chi connectivity index (χ4v) is 1.55. The minimum Gasteiger partial charge on any atom is -0.497 e. The van der Waals surface area contributed by atoms with Crippen LogP contribution in [0.3, 0.4) is 0 Å². The van der Waals surface area contributed by atoms with E-state index in [2.05, 4.69) is 10.6 Å². The first kappa shape index (κ1) is 15.8. The van der Waals surface area contributed by atoms with Crippen molar-refractivity contribution >= 4 is 12.0 Å². The van der Waals surface area contributed by atoms with E-state index in [-0.39, 0.29) is 6.03 Å². The number of methoxy groups -OCH3 is 1. The summed E-state index contributed by atoms with van der Waals surface area (Å²) < 4.78 is 5.09. The van der Waals surface area contributed by atoms with Crippen LogP contribution < -0.4 is 15.4 Å². The topological polar surface area (TPSA) is 87.7 Å². The Labute approximate surface area is 118 Å². The highest BCUT2D eigenvalue weighted by Gasteiger charge is 2.10. The molecule has 1 unspecified atom stereocenters. The maximum absolute atomic E-state index is 11.5. The minimum absolute atomic E-state index is 0.314. The van der Waals surface area contributed by atoms with E-state index < -0.39 is 11.9 Å². The molecule has 1 atom stereocenters. The van der Waals surface area contributed by atoms with Crippen LogP contribution in [0.5, 0.6) is 5.75 Å². The fourth-order valence-electron chi connectivity index (χ4n) is 1.55. The van der Waals surface area contributed by atoms with E-state index in [0.717, 1.165) is 11.3 Å². The van der Waals surface area contributed by atoms with Crippen molar-refractivity contribution in [2.24, 2.45) is 5.92 Å². The molecule has 6 heteroatoms. The zero-order chi connectivity index (χ0) is 15.0. The van der Waals surface area contributed by atoms with Crippen molar-refractivity contribution < 1.29 is 19.4 Å². The highest BCUT2D eigenvalue weighted by atomic mass is 16.5. The summed E-state index contributed by atoms with van der Waals surface area (Å²) in [6, 6.07) is 7.09. The molecule has 0 aliphatic carbocycles. The zero-order valence-electron chi connectivity index (χ0n) is 11.7. The monoisotopic (exact) mass is 280 g/mol. The smallest absolute Gasteiger partial charge is 0.315 e. The molecule has 0 bridgehead atoms. The van der Waals surface area contributed by atoms with E-state index in [0.29, 0.717) is 19.5 Å². The van der Waals surface area contributed by atoms with Gasteiger partial charge in [0.15, 0.2) is 0 Å². The number of hydrogen-bond donors (Lipinski definition) is 3. The van der Waals surface area contributed by atoms with E-state index in [1.807, 2.05) is 24.3 Å². The molecule has 0 aliphatic heterocycles. The lowest BCUT2D eigenvalue weighted by Gasteiger charge is -2.10. The standard InChI is InChI=1S/C14H20N2O4/c1-10(13(17)18)6-7-15-14(19)16-9-11-4-3-5-12(8-11)20-2/h3-5,8,10H,6-7,9H2,1-2H3,(H,17,18)(H2,15,16,19). The SMILES string of the molecule is COc1cccc(CNC(=O)NCCC(C)C(=O)O)c1. The Bertz CT molecular complexity index is 462. The Kier molecular flexibility index (Phi) is 6.36. The Morgan fingerprint density at radius 3 is 2.75 bits per heavy atom. The summed E-state index contributed by atoms with van der Waals surface area (Å²) in [6.07, 6.45) is 0.405. The lowest BCUT2D eigenvalue weighted by atomic mass is 10.1. The maximum Gasteiger partial charge on any atom is 0.315 e.